The summed E-state index contributed by atoms with van der Waals surface area (Å²) in [4.78, 5) is 4.14. The Morgan fingerprint density at radius 3 is 2.79 bits per heavy atom. The van der Waals surface area contributed by atoms with Crippen LogP contribution in [-0.2, 0) is 6.61 Å². The summed E-state index contributed by atoms with van der Waals surface area (Å²) in [6.07, 6.45) is 3.43. The normalized spacial score (nSPS) is 10.7. The van der Waals surface area contributed by atoms with E-state index in [1.54, 1.807) is 12.4 Å². The van der Waals surface area contributed by atoms with E-state index in [1.165, 1.54) is 0 Å². The first-order chi connectivity index (χ1) is 11.8. The number of anilines is 1. The van der Waals surface area contributed by atoms with E-state index in [2.05, 4.69) is 15.5 Å². The van der Waals surface area contributed by atoms with E-state index in [-0.39, 0.29) is 0 Å². The van der Waals surface area contributed by atoms with Gasteiger partial charge in [-0.2, -0.15) is 5.10 Å². The molecular weight excluding hydrogens is 322 g/mol. The topological polar surface area (TPSA) is 46.5 Å². The SMILES string of the molecule is Clc1cccc(COc2cccc(C=NNc3ccccn3)c2)c1. The summed E-state index contributed by atoms with van der Waals surface area (Å²) in [6.45, 7) is 0.466. The largest absolute Gasteiger partial charge is 0.489 e. The molecule has 0 aliphatic heterocycles. The first kappa shape index (κ1) is 16.0. The van der Waals surface area contributed by atoms with Crippen molar-refractivity contribution in [2.75, 3.05) is 5.43 Å². The Bertz CT molecular complexity index is 822. The molecule has 1 heterocycles. The number of pyridine rings is 1. The van der Waals surface area contributed by atoms with Crippen LogP contribution in [0.5, 0.6) is 5.75 Å². The predicted molar refractivity (Wildman–Crippen MR) is 97.7 cm³/mol. The van der Waals surface area contributed by atoms with E-state index >= 15 is 0 Å². The standard InChI is InChI=1S/C19H16ClN3O/c20-17-7-3-6-16(11-17)14-24-18-8-4-5-15(12-18)13-22-23-19-9-1-2-10-21-19/h1-13H,14H2,(H,21,23). The maximum atomic E-state index is 5.97. The molecule has 120 valence electrons. The van der Waals surface area contributed by atoms with Crippen LogP contribution >= 0.6 is 11.6 Å². The molecule has 4 nitrogen and oxygen atoms in total. The third kappa shape index (κ3) is 4.83. The quantitative estimate of drug-likeness (QED) is 0.521. The number of aromatic nitrogens is 1. The number of hydrazone groups is 1. The molecule has 0 amide bonds. The molecule has 1 aromatic heterocycles. The maximum absolute atomic E-state index is 5.97. The fourth-order valence-electron chi connectivity index (χ4n) is 2.08. The molecular formula is C19H16ClN3O. The highest BCUT2D eigenvalue weighted by Gasteiger charge is 1.98. The van der Waals surface area contributed by atoms with Gasteiger partial charge in [0, 0.05) is 11.2 Å². The fourth-order valence-corrected chi connectivity index (χ4v) is 2.29. The lowest BCUT2D eigenvalue weighted by Gasteiger charge is -2.07. The molecule has 3 rings (SSSR count). The number of benzene rings is 2. The van der Waals surface area contributed by atoms with Gasteiger partial charge in [-0.25, -0.2) is 4.98 Å². The summed E-state index contributed by atoms with van der Waals surface area (Å²) in [5.41, 5.74) is 4.84. The summed E-state index contributed by atoms with van der Waals surface area (Å²) < 4.78 is 5.80. The summed E-state index contributed by atoms with van der Waals surface area (Å²) in [5.74, 6) is 1.47. The first-order valence-corrected chi connectivity index (χ1v) is 7.85. The number of hydrogen-bond donors (Lipinski definition) is 1. The predicted octanol–water partition coefficient (Wildman–Crippen LogP) is 4.76. The summed E-state index contributed by atoms with van der Waals surface area (Å²) >= 11 is 5.97. The second-order valence-corrected chi connectivity index (χ2v) is 5.51. The molecule has 0 aliphatic rings. The number of ether oxygens (including phenoxy) is 1. The minimum absolute atomic E-state index is 0.466. The van der Waals surface area contributed by atoms with Gasteiger partial charge in [-0.3, -0.25) is 5.43 Å². The molecule has 3 aromatic rings. The van der Waals surface area contributed by atoms with Crippen molar-refractivity contribution in [3.63, 3.8) is 0 Å². The molecule has 0 radical (unpaired) electrons. The Morgan fingerprint density at radius 2 is 1.96 bits per heavy atom. The highest BCUT2D eigenvalue weighted by atomic mass is 35.5. The Kier molecular flexibility index (Phi) is 5.43. The van der Waals surface area contributed by atoms with E-state index in [4.69, 9.17) is 16.3 Å². The lowest BCUT2D eigenvalue weighted by molar-refractivity contribution is 0.306. The van der Waals surface area contributed by atoms with Gasteiger partial charge in [-0.15, -0.1) is 0 Å². The van der Waals surface area contributed by atoms with Crippen LogP contribution in [0.15, 0.2) is 78.0 Å². The average molecular weight is 338 g/mol. The number of nitrogens with zero attached hydrogens (tertiary/aromatic N) is 2. The van der Waals surface area contributed by atoms with Crippen molar-refractivity contribution < 1.29 is 4.74 Å². The van der Waals surface area contributed by atoms with Gasteiger partial charge >= 0.3 is 0 Å². The number of nitrogens with one attached hydrogen (secondary N) is 1. The van der Waals surface area contributed by atoms with Crippen molar-refractivity contribution in [3.8, 4) is 5.75 Å². The van der Waals surface area contributed by atoms with Gasteiger partial charge in [0.15, 0.2) is 0 Å². The van der Waals surface area contributed by atoms with E-state index in [0.29, 0.717) is 17.4 Å². The summed E-state index contributed by atoms with van der Waals surface area (Å²) in [7, 11) is 0. The third-order valence-corrected chi connectivity index (χ3v) is 3.45. The van der Waals surface area contributed by atoms with Crippen LogP contribution in [-0.4, -0.2) is 11.2 Å². The maximum Gasteiger partial charge on any atom is 0.146 e. The van der Waals surface area contributed by atoms with Crippen LogP contribution in [0.2, 0.25) is 5.02 Å². The molecule has 5 heteroatoms. The van der Waals surface area contributed by atoms with E-state index in [9.17, 15) is 0 Å². The number of hydrogen-bond acceptors (Lipinski definition) is 4. The summed E-state index contributed by atoms with van der Waals surface area (Å²) in [5, 5.41) is 4.88. The molecule has 0 bridgehead atoms. The van der Waals surface area contributed by atoms with Gasteiger partial charge in [0.25, 0.3) is 0 Å². The second kappa shape index (κ2) is 8.13. The Hall–Kier alpha value is -2.85. The Labute approximate surface area is 145 Å². The van der Waals surface area contributed by atoms with Crippen molar-refractivity contribution in [2.24, 2.45) is 5.10 Å². The van der Waals surface area contributed by atoms with Crippen molar-refractivity contribution in [1.29, 1.82) is 0 Å². The van der Waals surface area contributed by atoms with Crippen molar-refractivity contribution in [2.45, 2.75) is 6.61 Å². The van der Waals surface area contributed by atoms with E-state index in [0.717, 1.165) is 16.9 Å². The minimum Gasteiger partial charge on any atom is -0.489 e. The zero-order valence-electron chi connectivity index (χ0n) is 12.9. The number of rotatable bonds is 6. The second-order valence-electron chi connectivity index (χ2n) is 5.08. The molecule has 0 aliphatic carbocycles. The van der Waals surface area contributed by atoms with Gasteiger partial charge in [0.1, 0.15) is 18.2 Å². The zero-order chi connectivity index (χ0) is 16.6. The van der Waals surface area contributed by atoms with Crippen molar-refractivity contribution in [1.82, 2.24) is 4.98 Å². The lowest BCUT2D eigenvalue weighted by atomic mass is 10.2. The molecule has 0 saturated carbocycles. The Morgan fingerprint density at radius 1 is 1.04 bits per heavy atom. The lowest BCUT2D eigenvalue weighted by Crippen LogP contribution is -1.96. The molecule has 1 N–H and O–H groups in total. The molecule has 2 aromatic carbocycles. The van der Waals surface area contributed by atoms with Gasteiger partial charge in [0.2, 0.25) is 0 Å². The molecule has 24 heavy (non-hydrogen) atoms. The number of halogens is 1. The van der Waals surface area contributed by atoms with Gasteiger partial charge in [-0.1, -0.05) is 41.9 Å². The van der Waals surface area contributed by atoms with Crippen LogP contribution in [0.25, 0.3) is 0 Å². The summed E-state index contributed by atoms with van der Waals surface area (Å²) in [6, 6.07) is 20.9. The van der Waals surface area contributed by atoms with E-state index in [1.807, 2.05) is 66.7 Å². The molecule has 0 spiro atoms. The van der Waals surface area contributed by atoms with Gasteiger partial charge in [-0.05, 0) is 47.5 Å². The van der Waals surface area contributed by atoms with Crippen LogP contribution < -0.4 is 10.2 Å². The van der Waals surface area contributed by atoms with Crippen LogP contribution in [0.1, 0.15) is 11.1 Å². The van der Waals surface area contributed by atoms with Gasteiger partial charge < -0.3 is 4.74 Å². The third-order valence-electron chi connectivity index (χ3n) is 3.21. The van der Waals surface area contributed by atoms with Crippen LogP contribution in [0, 0.1) is 0 Å². The monoisotopic (exact) mass is 337 g/mol. The molecule has 0 fully saturated rings. The molecule has 0 saturated heterocycles. The highest BCUT2D eigenvalue weighted by Crippen LogP contribution is 2.16. The minimum atomic E-state index is 0.466. The fraction of sp³-hybridized carbons (Fsp3) is 0.0526. The van der Waals surface area contributed by atoms with E-state index < -0.39 is 0 Å². The van der Waals surface area contributed by atoms with Crippen LogP contribution in [0.4, 0.5) is 5.82 Å². The van der Waals surface area contributed by atoms with Gasteiger partial charge in [0.05, 0.1) is 6.21 Å². The first-order valence-electron chi connectivity index (χ1n) is 7.47. The zero-order valence-corrected chi connectivity index (χ0v) is 13.6. The van der Waals surface area contributed by atoms with Crippen molar-refractivity contribution in [3.05, 3.63) is 89.1 Å². The molecule has 0 atom stereocenters. The smallest absolute Gasteiger partial charge is 0.146 e. The van der Waals surface area contributed by atoms with Crippen molar-refractivity contribution >= 4 is 23.6 Å². The molecule has 0 unspecified atom stereocenters. The highest BCUT2D eigenvalue weighted by molar-refractivity contribution is 6.30. The van der Waals surface area contributed by atoms with Crippen LogP contribution in [0.3, 0.4) is 0 Å². The Balaban J connectivity index is 1.59. The average Bonchev–Trinajstić information content (AvgIpc) is 2.61.